The van der Waals surface area contributed by atoms with Gasteiger partial charge in [0.1, 0.15) is 5.69 Å². The summed E-state index contributed by atoms with van der Waals surface area (Å²) in [6.07, 6.45) is 4.17. The van der Waals surface area contributed by atoms with Crippen LogP contribution in [-0.2, 0) is 0 Å². The molecule has 0 spiro atoms. The Kier molecular flexibility index (Phi) is 6.28. The number of benzene rings is 1. The third kappa shape index (κ3) is 4.43. The van der Waals surface area contributed by atoms with Crippen molar-refractivity contribution in [1.82, 2.24) is 20.4 Å². The number of aryl methyl sites for hydroxylation is 1. The second-order valence-corrected chi connectivity index (χ2v) is 6.80. The van der Waals surface area contributed by atoms with Crippen LogP contribution in [-0.4, -0.2) is 48.4 Å². The second kappa shape index (κ2) is 8.85. The molecule has 1 aliphatic rings. The van der Waals surface area contributed by atoms with Gasteiger partial charge in [0.15, 0.2) is 0 Å². The van der Waals surface area contributed by atoms with Crippen LogP contribution >= 0.6 is 0 Å². The highest BCUT2D eigenvalue weighted by atomic mass is 16.1. The van der Waals surface area contributed by atoms with Gasteiger partial charge in [0.2, 0.25) is 0 Å². The molecule has 1 atom stereocenters. The highest BCUT2D eigenvalue weighted by molar-refractivity contribution is 5.92. The quantitative estimate of drug-likeness (QED) is 0.800. The molecule has 140 valence electrons. The number of piperidine rings is 1. The van der Waals surface area contributed by atoms with Gasteiger partial charge in [0, 0.05) is 38.1 Å². The Morgan fingerprint density at radius 1 is 1.38 bits per heavy atom. The summed E-state index contributed by atoms with van der Waals surface area (Å²) < 4.78 is 1.92. The lowest BCUT2D eigenvalue weighted by Gasteiger charge is -2.25. The van der Waals surface area contributed by atoms with E-state index in [0.29, 0.717) is 18.3 Å². The van der Waals surface area contributed by atoms with E-state index in [-0.39, 0.29) is 5.91 Å². The first-order chi connectivity index (χ1) is 12.7. The monoisotopic (exact) mass is 355 g/mol. The van der Waals surface area contributed by atoms with Gasteiger partial charge in [-0.2, -0.15) is 5.10 Å². The van der Waals surface area contributed by atoms with Crippen LogP contribution in [0.4, 0.5) is 5.69 Å². The van der Waals surface area contributed by atoms with Gasteiger partial charge in [-0.05, 0) is 50.9 Å². The SMILES string of the molecule is CCN(CCNC(=O)c1ccn(C2CCCNC2)n1)c1ccccc1C. The second-order valence-electron chi connectivity index (χ2n) is 6.80. The molecule has 1 unspecified atom stereocenters. The molecule has 1 amide bonds. The first-order valence-corrected chi connectivity index (χ1v) is 9.53. The zero-order valence-electron chi connectivity index (χ0n) is 15.7. The Bertz CT molecular complexity index is 720. The highest BCUT2D eigenvalue weighted by Gasteiger charge is 2.17. The molecule has 26 heavy (non-hydrogen) atoms. The molecule has 6 heteroatoms. The van der Waals surface area contributed by atoms with Crippen molar-refractivity contribution in [2.24, 2.45) is 0 Å². The van der Waals surface area contributed by atoms with Gasteiger partial charge in [-0.3, -0.25) is 9.48 Å². The van der Waals surface area contributed by atoms with Crippen LogP contribution in [0.25, 0.3) is 0 Å². The average molecular weight is 355 g/mol. The van der Waals surface area contributed by atoms with Gasteiger partial charge >= 0.3 is 0 Å². The predicted octanol–water partition coefficient (Wildman–Crippen LogP) is 2.37. The summed E-state index contributed by atoms with van der Waals surface area (Å²) >= 11 is 0. The number of nitrogens with one attached hydrogen (secondary N) is 2. The van der Waals surface area contributed by atoms with Gasteiger partial charge in [-0.15, -0.1) is 0 Å². The third-order valence-electron chi connectivity index (χ3n) is 4.99. The summed E-state index contributed by atoms with van der Waals surface area (Å²) in [5.74, 6) is -0.103. The molecule has 0 bridgehead atoms. The van der Waals surface area contributed by atoms with Crippen molar-refractivity contribution in [3.8, 4) is 0 Å². The molecular formula is C20H29N5O. The topological polar surface area (TPSA) is 62.2 Å². The number of amides is 1. The molecule has 1 fully saturated rings. The summed E-state index contributed by atoms with van der Waals surface area (Å²) in [5, 5.41) is 10.9. The number of carbonyl (C=O) groups excluding carboxylic acids is 1. The lowest BCUT2D eigenvalue weighted by atomic mass is 10.1. The Hall–Kier alpha value is -2.34. The van der Waals surface area contributed by atoms with Crippen LogP contribution in [0, 0.1) is 6.92 Å². The lowest BCUT2D eigenvalue weighted by molar-refractivity contribution is 0.0948. The van der Waals surface area contributed by atoms with Crippen LogP contribution in [0.3, 0.4) is 0 Å². The summed E-state index contributed by atoms with van der Waals surface area (Å²) in [6.45, 7) is 8.52. The van der Waals surface area contributed by atoms with E-state index in [1.165, 1.54) is 11.3 Å². The van der Waals surface area contributed by atoms with Gasteiger partial charge in [-0.25, -0.2) is 0 Å². The fourth-order valence-corrected chi connectivity index (χ4v) is 3.48. The van der Waals surface area contributed by atoms with Crippen LogP contribution in [0.1, 0.15) is 41.9 Å². The number of hydrogen-bond donors (Lipinski definition) is 2. The normalized spacial score (nSPS) is 17.1. The van der Waals surface area contributed by atoms with Gasteiger partial charge in [0.25, 0.3) is 5.91 Å². The summed E-state index contributed by atoms with van der Waals surface area (Å²) in [4.78, 5) is 14.7. The maximum absolute atomic E-state index is 12.4. The van der Waals surface area contributed by atoms with Crippen LogP contribution in [0.5, 0.6) is 0 Å². The summed E-state index contributed by atoms with van der Waals surface area (Å²) in [6, 6.07) is 10.5. The van der Waals surface area contributed by atoms with Crippen molar-refractivity contribution in [3.05, 3.63) is 47.8 Å². The summed E-state index contributed by atoms with van der Waals surface area (Å²) in [5.41, 5.74) is 2.97. The fourth-order valence-electron chi connectivity index (χ4n) is 3.48. The van der Waals surface area contributed by atoms with Gasteiger partial charge in [-0.1, -0.05) is 18.2 Å². The Morgan fingerprint density at radius 3 is 2.96 bits per heavy atom. The van der Waals surface area contributed by atoms with Crippen molar-refractivity contribution in [1.29, 1.82) is 0 Å². The number of nitrogens with zero attached hydrogens (tertiary/aromatic N) is 3. The van der Waals surface area contributed by atoms with E-state index >= 15 is 0 Å². The van der Waals surface area contributed by atoms with E-state index in [1.807, 2.05) is 23.0 Å². The number of aromatic nitrogens is 2. The zero-order chi connectivity index (χ0) is 18.4. The molecular weight excluding hydrogens is 326 g/mol. The Balaban J connectivity index is 1.52. The number of anilines is 1. The van der Waals surface area contributed by atoms with Crippen LogP contribution in [0.15, 0.2) is 36.5 Å². The first-order valence-electron chi connectivity index (χ1n) is 9.53. The molecule has 0 radical (unpaired) electrons. The highest BCUT2D eigenvalue weighted by Crippen LogP contribution is 2.18. The van der Waals surface area contributed by atoms with Gasteiger partial charge in [0.05, 0.1) is 6.04 Å². The largest absolute Gasteiger partial charge is 0.370 e. The molecule has 3 rings (SSSR count). The number of rotatable bonds is 7. The molecule has 0 aliphatic carbocycles. The predicted molar refractivity (Wildman–Crippen MR) is 105 cm³/mol. The van der Waals surface area contributed by atoms with Crippen molar-refractivity contribution in [2.45, 2.75) is 32.7 Å². The van der Waals surface area contributed by atoms with Crippen molar-refractivity contribution < 1.29 is 4.79 Å². The number of para-hydroxylation sites is 1. The smallest absolute Gasteiger partial charge is 0.271 e. The van der Waals surface area contributed by atoms with E-state index < -0.39 is 0 Å². The minimum absolute atomic E-state index is 0.103. The van der Waals surface area contributed by atoms with E-state index in [0.717, 1.165) is 39.0 Å². The van der Waals surface area contributed by atoms with Gasteiger partial charge < -0.3 is 15.5 Å². The van der Waals surface area contributed by atoms with Crippen LogP contribution < -0.4 is 15.5 Å². The molecule has 1 aromatic heterocycles. The maximum atomic E-state index is 12.4. The first kappa shape index (κ1) is 18.5. The molecule has 1 saturated heterocycles. The number of likely N-dealkylation sites (N-methyl/N-ethyl adjacent to an activating group) is 1. The summed E-state index contributed by atoms with van der Waals surface area (Å²) in [7, 11) is 0. The van der Waals surface area contributed by atoms with Crippen molar-refractivity contribution in [2.75, 3.05) is 37.6 Å². The molecule has 0 saturated carbocycles. The van der Waals surface area contributed by atoms with E-state index in [4.69, 9.17) is 0 Å². The molecule has 6 nitrogen and oxygen atoms in total. The molecule has 2 aromatic rings. The number of carbonyl (C=O) groups is 1. The van der Waals surface area contributed by atoms with Crippen molar-refractivity contribution >= 4 is 11.6 Å². The lowest BCUT2D eigenvalue weighted by Crippen LogP contribution is -2.35. The molecule has 2 heterocycles. The zero-order valence-corrected chi connectivity index (χ0v) is 15.7. The minimum atomic E-state index is -0.103. The fraction of sp³-hybridized carbons (Fsp3) is 0.500. The third-order valence-corrected chi connectivity index (χ3v) is 4.99. The molecule has 1 aromatic carbocycles. The molecule has 2 N–H and O–H groups in total. The average Bonchev–Trinajstić information content (AvgIpc) is 3.17. The minimum Gasteiger partial charge on any atom is -0.370 e. The number of hydrogen-bond acceptors (Lipinski definition) is 4. The standard InChI is InChI=1S/C20H29N5O/c1-3-24(19-9-5-4-7-16(19)2)14-12-22-20(26)18-10-13-25(23-18)17-8-6-11-21-15-17/h4-5,7,9-10,13,17,21H,3,6,8,11-12,14-15H2,1-2H3,(H,22,26). The Morgan fingerprint density at radius 2 is 2.23 bits per heavy atom. The molecule has 1 aliphatic heterocycles. The Labute approximate surface area is 155 Å². The van der Waals surface area contributed by atoms with E-state index in [9.17, 15) is 4.79 Å². The maximum Gasteiger partial charge on any atom is 0.271 e. The van der Waals surface area contributed by atoms with E-state index in [2.05, 4.69) is 52.7 Å². The van der Waals surface area contributed by atoms with E-state index in [1.54, 1.807) is 0 Å². The van der Waals surface area contributed by atoms with Crippen molar-refractivity contribution in [3.63, 3.8) is 0 Å². The van der Waals surface area contributed by atoms with Crippen LogP contribution in [0.2, 0.25) is 0 Å².